The predicted molar refractivity (Wildman–Crippen MR) is 46.6 cm³/mol. The molecule has 0 aromatic heterocycles. The Morgan fingerprint density at radius 1 is 1.46 bits per heavy atom. The van der Waals surface area contributed by atoms with E-state index in [2.05, 4.69) is 21.1 Å². The molecule has 1 aromatic carbocycles. The first-order valence-electron chi connectivity index (χ1n) is 3.19. The van der Waals surface area contributed by atoms with E-state index in [0.717, 1.165) is 6.07 Å². The van der Waals surface area contributed by atoms with Crippen LogP contribution in [0.3, 0.4) is 0 Å². The maximum atomic E-state index is 12.9. The molecule has 0 unspecified atom stereocenters. The molecular formula is C7H5BrF2N2O. The second-order valence-corrected chi connectivity index (χ2v) is 3.00. The Labute approximate surface area is 81.0 Å². The molecule has 13 heavy (non-hydrogen) atoms. The maximum Gasteiger partial charge on any atom is 0.173 e. The molecule has 0 bridgehead atoms. The summed E-state index contributed by atoms with van der Waals surface area (Å²) >= 11 is 2.79. The zero-order chi connectivity index (χ0) is 10.0. The first-order valence-corrected chi connectivity index (χ1v) is 3.98. The van der Waals surface area contributed by atoms with Gasteiger partial charge >= 0.3 is 0 Å². The first kappa shape index (κ1) is 9.91. The summed E-state index contributed by atoms with van der Waals surface area (Å²) in [7, 11) is 0. The van der Waals surface area contributed by atoms with Gasteiger partial charge in [0.2, 0.25) is 0 Å². The van der Waals surface area contributed by atoms with E-state index in [4.69, 9.17) is 10.9 Å². The lowest BCUT2D eigenvalue weighted by Crippen LogP contribution is -2.14. The van der Waals surface area contributed by atoms with Gasteiger partial charge in [0.05, 0.1) is 4.47 Å². The molecule has 0 aliphatic heterocycles. The number of amidine groups is 1. The Bertz CT molecular complexity index is 368. The van der Waals surface area contributed by atoms with Crippen molar-refractivity contribution in [3.63, 3.8) is 0 Å². The third-order valence-electron chi connectivity index (χ3n) is 1.42. The van der Waals surface area contributed by atoms with Crippen LogP contribution < -0.4 is 5.73 Å². The van der Waals surface area contributed by atoms with Gasteiger partial charge in [-0.25, -0.2) is 8.78 Å². The van der Waals surface area contributed by atoms with Crippen LogP contribution in [0.1, 0.15) is 5.56 Å². The van der Waals surface area contributed by atoms with Crippen LogP contribution in [0.5, 0.6) is 0 Å². The molecular weight excluding hydrogens is 246 g/mol. The highest BCUT2D eigenvalue weighted by atomic mass is 79.9. The number of benzene rings is 1. The lowest BCUT2D eigenvalue weighted by molar-refractivity contribution is 0.318. The van der Waals surface area contributed by atoms with Gasteiger partial charge in [0, 0.05) is 5.56 Å². The van der Waals surface area contributed by atoms with Crippen LogP contribution in [0.4, 0.5) is 8.78 Å². The van der Waals surface area contributed by atoms with Crippen molar-refractivity contribution in [2.75, 3.05) is 0 Å². The molecule has 0 amide bonds. The summed E-state index contributed by atoms with van der Waals surface area (Å²) in [5.41, 5.74) is 5.29. The minimum atomic E-state index is -1.07. The summed E-state index contributed by atoms with van der Waals surface area (Å²) in [6.07, 6.45) is 0. The molecule has 6 heteroatoms. The largest absolute Gasteiger partial charge is 0.409 e. The monoisotopic (exact) mass is 250 g/mol. The molecule has 0 heterocycles. The van der Waals surface area contributed by atoms with E-state index < -0.39 is 11.6 Å². The summed E-state index contributed by atoms with van der Waals surface area (Å²) in [4.78, 5) is 0. The van der Waals surface area contributed by atoms with Gasteiger partial charge in [0.1, 0.15) is 0 Å². The van der Waals surface area contributed by atoms with Crippen molar-refractivity contribution in [3.05, 3.63) is 33.8 Å². The Morgan fingerprint density at radius 2 is 2.08 bits per heavy atom. The second-order valence-electron chi connectivity index (χ2n) is 2.21. The molecule has 1 rings (SSSR count). The van der Waals surface area contributed by atoms with Crippen molar-refractivity contribution in [3.8, 4) is 0 Å². The highest BCUT2D eigenvalue weighted by molar-refractivity contribution is 9.10. The van der Waals surface area contributed by atoms with Crippen LogP contribution in [0.2, 0.25) is 0 Å². The normalized spacial score (nSPS) is 11.8. The predicted octanol–water partition coefficient (Wildman–Crippen LogP) is 1.82. The molecule has 0 aliphatic rings. The summed E-state index contributed by atoms with van der Waals surface area (Å²) < 4.78 is 25.3. The number of halogens is 3. The molecule has 0 saturated carbocycles. The van der Waals surface area contributed by atoms with E-state index in [-0.39, 0.29) is 15.9 Å². The Balaban J connectivity index is 3.34. The average molecular weight is 251 g/mol. The minimum Gasteiger partial charge on any atom is -0.409 e. The minimum absolute atomic E-state index is 0.0985. The molecule has 3 N–H and O–H groups in total. The van der Waals surface area contributed by atoms with E-state index in [1.165, 1.54) is 6.07 Å². The highest BCUT2D eigenvalue weighted by Gasteiger charge is 2.13. The number of oxime groups is 1. The van der Waals surface area contributed by atoms with Gasteiger partial charge in [-0.3, -0.25) is 0 Å². The maximum absolute atomic E-state index is 12.9. The zero-order valence-electron chi connectivity index (χ0n) is 6.26. The Kier molecular flexibility index (Phi) is 2.82. The van der Waals surface area contributed by atoms with Gasteiger partial charge in [-0.15, -0.1) is 0 Å². The lowest BCUT2D eigenvalue weighted by atomic mass is 10.2. The van der Waals surface area contributed by atoms with Crippen LogP contribution in [-0.4, -0.2) is 11.0 Å². The fourth-order valence-electron chi connectivity index (χ4n) is 0.778. The number of nitrogens with two attached hydrogens (primary N) is 1. The third-order valence-corrected chi connectivity index (χ3v) is 2.19. The van der Waals surface area contributed by atoms with Crippen molar-refractivity contribution < 1.29 is 14.0 Å². The van der Waals surface area contributed by atoms with Crippen LogP contribution in [0.15, 0.2) is 21.8 Å². The number of hydrogen-bond acceptors (Lipinski definition) is 2. The Morgan fingerprint density at radius 3 is 2.62 bits per heavy atom. The zero-order valence-corrected chi connectivity index (χ0v) is 7.85. The number of rotatable bonds is 1. The van der Waals surface area contributed by atoms with Gasteiger partial charge in [-0.1, -0.05) is 5.16 Å². The van der Waals surface area contributed by atoms with Gasteiger partial charge in [0.15, 0.2) is 17.5 Å². The molecule has 0 saturated heterocycles. The Hall–Kier alpha value is -1.17. The molecule has 70 valence electrons. The third kappa shape index (κ3) is 1.77. The van der Waals surface area contributed by atoms with Gasteiger partial charge in [0.25, 0.3) is 0 Å². The fraction of sp³-hybridized carbons (Fsp3) is 0. The van der Waals surface area contributed by atoms with Crippen LogP contribution in [-0.2, 0) is 0 Å². The van der Waals surface area contributed by atoms with Crippen LogP contribution in [0, 0.1) is 11.6 Å². The summed E-state index contributed by atoms with van der Waals surface area (Å²) in [5, 5.41) is 11.0. The van der Waals surface area contributed by atoms with E-state index in [9.17, 15) is 8.78 Å². The van der Waals surface area contributed by atoms with Crippen molar-refractivity contribution in [1.82, 2.24) is 0 Å². The molecule has 0 radical (unpaired) electrons. The molecule has 0 spiro atoms. The van der Waals surface area contributed by atoms with Crippen molar-refractivity contribution >= 4 is 21.8 Å². The van der Waals surface area contributed by atoms with Crippen LogP contribution in [0.25, 0.3) is 0 Å². The molecule has 1 aromatic rings. The van der Waals surface area contributed by atoms with Crippen molar-refractivity contribution in [2.24, 2.45) is 10.9 Å². The molecule has 0 aliphatic carbocycles. The van der Waals surface area contributed by atoms with E-state index in [1.807, 2.05) is 0 Å². The summed E-state index contributed by atoms with van der Waals surface area (Å²) in [6.45, 7) is 0. The van der Waals surface area contributed by atoms with Gasteiger partial charge in [-0.2, -0.15) is 0 Å². The standard InChI is InChI=1S/C7H5BrF2N2O/c8-5-3(7(11)12-13)1-2-4(9)6(5)10/h1-2,13H,(H2,11,12). The quantitative estimate of drug-likeness (QED) is 0.263. The molecule has 0 atom stereocenters. The summed E-state index contributed by atoms with van der Waals surface area (Å²) in [5.74, 6) is -2.35. The SMILES string of the molecule is N/C(=N/O)c1ccc(F)c(F)c1Br. The van der Waals surface area contributed by atoms with Crippen LogP contribution >= 0.6 is 15.9 Å². The lowest BCUT2D eigenvalue weighted by Gasteiger charge is -2.03. The number of hydrogen-bond donors (Lipinski definition) is 2. The van der Waals surface area contributed by atoms with E-state index in [1.54, 1.807) is 0 Å². The topological polar surface area (TPSA) is 58.6 Å². The van der Waals surface area contributed by atoms with Gasteiger partial charge in [-0.05, 0) is 28.1 Å². The smallest absolute Gasteiger partial charge is 0.173 e. The second kappa shape index (κ2) is 3.69. The van der Waals surface area contributed by atoms with Crippen molar-refractivity contribution in [1.29, 1.82) is 0 Å². The first-order chi connectivity index (χ1) is 6.07. The molecule has 3 nitrogen and oxygen atoms in total. The van der Waals surface area contributed by atoms with Gasteiger partial charge < -0.3 is 10.9 Å². The highest BCUT2D eigenvalue weighted by Crippen LogP contribution is 2.22. The van der Waals surface area contributed by atoms with E-state index >= 15 is 0 Å². The number of nitrogens with zero attached hydrogens (tertiary/aromatic N) is 1. The molecule has 0 fully saturated rings. The fourth-order valence-corrected chi connectivity index (χ4v) is 1.30. The van der Waals surface area contributed by atoms with E-state index in [0.29, 0.717) is 0 Å². The average Bonchev–Trinajstić information content (AvgIpc) is 2.13. The summed E-state index contributed by atoms with van der Waals surface area (Å²) in [6, 6.07) is 2.10. The van der Waals surface area contributed by atoms with Crippen molar-refractivity contribution in [2.45, 2.75) is 0 Å².